The number of nitrogens with zero attached hydrogens (tertiary/aromatic N) is 4. The van der Waals surface area contributed by atoms with E-state index >= 15 is 0 Å². The Bertz CT molecular complexity index is 1360. The van der Waals surface area contributed by atoms with E-state index in [0.717, 1.165) is 30.5 Å². The summed E-state index contributed by atoms with van der Waals surface area (Å²) in [5, 5.41) is 2.86. The molecular weight excluding hydrogens is 590 g/mol. The van der Waals surface area contributed by atoms with Crippen LogP contribution in [-0.2, 0) is 23.8 Å². The van der Waals surface area contributed by atoms with Crippen molar-refractivity contribution in [3.05, 3.63) is 47.8 Å². The molecule has 0 spiro atoms. The number of methoxy groups -OCH3 is 1. The Morgan fingerprint density at radius 3 is 2.37 bits per heavy atom. The molecule has 2 fully saturated rings. The van der Waals surface area contributed by atoms with Crippen LogP contribution in [0.15, 0.2) is 36.4 Å². The molecule has 4 rings (SSSR count). The third kappa shape index (κ3) is 9.97. The van der Waals surface area contributed by atoms with E-state index in [1.165, 1.54) is 0 Å². The van der Waals surface area contributed by atoms with Crippen LogP contribution in [0.5, 0.6) is 0 Å². The minimum absolute atomic E-state index is 0.0424. The zero-order valence-electron chi connectivity index (χ0n) is 27.6. The molecule has 1 saturated carbocycles. The second-order valence-corrected chi connectivity index (χ2v) is 12.9. The molecule has 1 aliphatic carbocycles. The van der Waals surface area contributed by atoms with Gasteiger partial charge >= 0.3 is 12.1 Å². The second kappa shape index (κ2) is 16.0. The molecule has 1 saturated heterocycles. The first-order valence-electron chi connectivity index (χ1n) is 16.2. The number of benzene rings is 1. The largest absolute Gasteiger partial charge is 0.460 e. The number of rotatable bonds is 13. The van der Waals surface area contributed by atoms with Crippen LogP contribution >= 0.6 is 0 Å². The van der Waals surface area contributed by atoms with E-state index in [-0.39, 0.29) is 43.5 Å². The first-order chi connectivity index (χ1) is 22.0. The highest BCUT2D eigenvalue weighted by Gasteiger charge is 2.40. The maximum atomic E-state index is 13.8. The molecule has 1 aromatic heterocycles. The molecule has 250 valence electrons. The van der Waals surface area contributed by atoms with Gasteiger partial charge in [0.05, 0.1) is 6.61 Å². The number of carbonyl (C=O) groups is 4. The summed E-state index contributed by atoms with van der Waals surface area (Å²) in [6.07, 6.45) is 2.19. The van der Waals surface area contributed by atoms with Crippen LogP contribution in [0.2, 0.25) is 0 Å². The minimum Gasteiger partial charge on any atom is -0.460 e. The van der Waals surface area contributed by atoms with Gasteiger partial charge in [-0.2, -0.15) is 0 Å². The van der Waals surface area contributed by atoms with Gasteiger partial charge in [-0.3, -0.25) is 14.4 Å². The van der Waals surface area contributed by atoms with Gasteiger partial charge in [-0.1, -0.05) is 43.7 Å². The number of esters is 1. The van der Waals surface area contributed by atoms with E-state index < -0.39 is 29.6 Å². The van der Waals surface area contributed by atoms with E-state index in [1.54, 1.807) is 43.7 Å². The number of amides is 3. The maximum absolute atomic E-state index is 13.8. The molecule has 12 heteroatoms. The number of nitrogens with one attached hydrogen (secondary N) is 1. The molecule has 2 aromatic rings. The van der Waals surface area contributed by atoms with Crippen molar-refractivity contribution >= 4 is 23.9 Å². The van der Waals surface area contributed by atoms with E-state index in [2.05, 4.69) is 10.3 Å². The standard InChI is InChI=1S/C34H47N5O7/c1-6-7-19-45-33(43)39-17-15-38(16-18-39)32(42)26(13-14-29(40)46-34(2,3)4)37-31(41)28-21-27(25-20-24(25)22-44-5)35-30(36-28)23-11-9-8-10-12-23/h8-12,21,24-26H,6-7,13-20,22H2,1-5H3,(H,37,41)/t24-,25-,26+/m1/s1. The van der Waals surface area contributed by atoms with E-state index in [1.807, 2.05) is 37.3 Å². The summed E-state index contributed by atoms with van der Waals surface area (Å²) in [6.45, 7) is 9.47. The van der Waals surface area contributed by atoms with E-state index in [0.29, 0.717) is 38.0 Å². The molecular formula is C34H47N5O7. The Labute approximate surface area is 271 Å². The van der Waals surface area contributed by atoms with Crippen LogP contribution in [0, 0.1) is 5.92 Å². The van der Waals surface area contributed by atoms with Gasteiger partial charge in [0.1, 0.15) is 17.3 Å². The van der Waals surface area contributed by atoms with Gasteiger partial charge in [-0.25, -0.2) is 14.8 Å². The number of hydrogen-bond acceptors (Lipinski definition) is 9. The monoisotopic (exact) mass is 637 g/mol. The first kappa shape index (κ1) is 34.8. The quantitative estimate of drug-likeness (QED) is 0.253. The summed E-state index contributed by atoms with van der Waals surface area (Å²) in [4.78, 5) is 65.2. The number of aromatic nitrogens is 2. The third-order valence-electron chi connectivity index (χ3n) is 7.93. The summed E-state index contributed by atoms with van der Waals surface area (Å²) < 4.78 is 16.1. The fourth-order valence-corrected chi connectivity index (χ4v) is 5.37. The average Bonchev–Trinajstić information content (AvgIpc) is 3.81. The second-order valence-electron chi connectivity index (χ2n) is 12.9. The van der Waals surface area contributed by atoms with Gasteiger partial charge in [0, 0.05) is 63.5 Å². The number of hydrogen-bond donors (Lipinski definition) is 1. The van der Waals surface area contributed by atoms with Gasteiger partial charge in [-0.15, -0.1) is 0 Å². The van der Waals surface area contributed by atoms with Crippen LogP contribution in [0.3, 0.4) is 0 Å². The highest BCUT2D eigenvalue weighted by Crippen LogP contribution is 2.47. The summed E-state index contributed by atoms with van der Waals surface area (Å²) in [5.74, 6) is -0.462. The highest BCUT2D eigenvalue weighted by molar-refractivity contribution is 5.96. The molecule has 2 heterocycles. The minimum atomic E-state index is -1.01. The zero-order chi connectivity index (χ0) is 33.3. The van der Waals surface area contributed by atoms with Crippen molar-refractivity contribution in [2.45, 2.75) is 77.4 Å². The number of carbonyl (C=O) groups excluding carboxylic acids is 4. The van der Waals surface area contributed by atoms with Gasteiger partial charge in [0.15, 0.2) is 5.82 Å². The predicted octanol–water partition coefficient (Wildman–Crippen LogP) is 4.19. The molecule has 0 bridgehead atoms. The molecule has 0 unspecified atom stereocenters. The van der Waals surface area contributed by atoms with Crippen molar-refractivity contribution in [3.63, 3.8) is 0 Å². The van der Waals surface area contributed by atoms with Gasteiger partial charge in [0.25, 0.3) is 5.91 Å². The van der Waals surface area contributed by atoms with Crippen molar-refractivity contribution in [1.82, 2.24) is 25.1 Å². The molecule has 1 aliphatic heterocycles. The van der Waals surface area contributed by atoms with Gasteiger partial charge in [0.2, 0.25) is 5.91 Å². The Morgan fingerprint density at radius 2 is 1.72 bits per heavy atom. The Hall–Kier alpha value is -4.06. The van der Waals surface area contributed by atoms with Crippen molar-refractivity contribution in [3.8, 4) is 11.4 Å². The summed E-state index contributed by atoms with van der Waals surface area (Å²) in [7, 11) is 1.66. The van der Waals surface area contributed by atoms with Crippen LogP contribution in [0.1, 0.15) is 81.9 Å². The molecule has 1 aromatic carbocycles. The predicted molar refractivity (Wildman–Crippen MR) is 171 cm³/mol. The Balaban J connectivity index is 1.51. The maximum Gasteiger partial charge on any atom is 0.409 e. The van der Waals surface area contributed by atoms with Crippen molar-refractivity contribution in [2.24, 2.45) is 5.92 Å². The lowest BCUT2D eigenvalue weighted by Gasteiger charge is -2.36. The highest BCUT2D eigenvalue weighted by atomic mass is 16.6. The smallest absolute Gasteiger partial charge is 0.409 e. The summed E-state index contributed by atoms with van der Waals surface area (Å²) >= 11 is 0. The number of unbranched alkanes of at least 4 members (excludes halogenated alkanes) is 1. The van der Waals surface area contributed by atoms with Gasteiger partial charge in [-0.05, 0) is 52.0 Å². The van der Waals surface area contributed by atoms with E-state index in [9.17, 15) is 19.2 Å². The van der Waals surface area contributed by atoms with Crippen LogP contribution in [-0.4, -0.2) is 102 Å². The zero-order valence-corrected chi connectivity index (χ0v) is 27.6. The molecule has 3 amide bonds. The molecule has 0 radical (unpaired) electrons. The SMILES string of the molecule is CCCCOC(=O)N1CCN(C(=O)[C@H](CCC(=O)OC(C)(C)C)NC(=O)c2cc([C@@H]3C[C@@H]3COC)nc(-c3ccccc3)n2)CC1. The van der Waals surface area contributed by atoms with Crippen LogP contribution in [0.4, 0.5) is 4.79 Å². The van der Waals surface area contributed by atoms with Crippen LogP contribution in [0.25, 0.3) is 11.4 Å². The molecule has 1 N–H and O–H groups in total. The Kier molecular flexibility index (Phi) is 12.1. The van der Waals surface area contributed by atoms with Crippen molar-refractivity contribution < 1.29 is 33.4 Å². The number of piperazine rings is 1. The lowest BCUT2D eigenvalue weighted by Crippen LogP contribution is -2.56. The lowest BCUT2D eigenvalue weighted by atomic mass is 10.1. The number of ether oxygens (including phenoxy) is 3. The van der Waals surface area contributed by atoms with Gasteiger partial charge < -0.3 is 29.3 Å². The molecule has 12 nitrogen and oxygen atoms in total. The average molecular weight is 638 g/mol. The lowest BCUT2D eigenvalue weighted by molar-refractivity contribution is -0.155. The van der Waals surface area contributed by atoms with Crippen molar-refractivity contribution in [2.75, 3.05) is 46.5 Å². The first-order valence-corrected chi connectivity index (χ1v) is 16.2. The fraction of sp³-hybridized carbons (Fsp3) is 0.588. The summed E-state index contributed by atoms with van der Waals surface area (Å²) in [5.41, 5.74) is 0.976. The summed E-state index contributed by atoms with van der Waals surface area (Å²) in [6, 6.07) is 10.1. The molecule has 3 atom stereocenters. The Morgan fingerprint density at radius 1 is 1.02 bits per heavy atom. The van der Waals surface area contributed by atoms with Crippen molar-refractivity contribution in [1.29, 1.82) is 0 Å². The topological polar surface area (TPSA) is 140 Å². The van der Waals surface area contributed by atoms with Crippen LogP contribution < -0.4 is 5.32 Å². The third-order valence-corrected chi connectivity index (χ3v) is 7.93. The fourth-order valence-electron chi connectivity index (χ4n) is 5.37. The van der Waals surface area contributed by atoms with E-state index in [4.69, 9.17) is 19.2 Å². The molecule has 2 aliphatic rings. The molecule has 46 heavy (non-hydrogen) atoms. The normalized spacial score (nSPS) is 18.5.